The van der Waals surface area contributed by atoms with Gasteiger partial charge in [-0.3, -0.25) is 9.59 Å². The maximum atomic E-state index is 12.4. The molecule has 1 aliphatic heterocycles. The number of ether oxygens (including phenoxy) is 1. The third kappa shape index (κ3) is 6.29. The number of nitrogens with zero attached hydrogens (tertiary/aromatic N) is 3. The molecule has 3 N–H and O–H groups in total. The Bertz CT molecular complexity index is 1050. The number of esters is 1. The van der Waals surface area contributed by atoms with Crippen molar-refractivity contribution in [1.82, 2.24) is 15.1 Å². The first kappa shape index (κ1) is 23.3. The lowest BCUT2D eigenvalue weighted by Crippen LogP contribution is -2.53. The number of carbonyl (C=O) groups is 4. The largest absolute Gasteiger partial charge is 0.465 e. The zero-order valence-corrected chi connectivity index (χ0v) is 17.5. The molecule has 172 valence electrons. The molecule has 0 saturated carbocycles. The number of amides is 3. The van der Waals surface area contributed by atoms with Gasteiger partial charge in [0.1, 0.15) is 13.2 Å². The van der Waals surface area contributed by atoms with Crippen molar-refractivity contribution >= 4 is 35.7 Å². The lowest BCUT2D eigenvalue weighted by atomic mass is 10.2. The molecule has 11 nitrogen and oxygen atoms in total. The monoisotopic (exact) mass is 454 g/mol. The molecule has 1 heterocycles. The van der Waals surface area contributed by atoms with Crippen molar-refractivity contribution < 1.29 is 34.1 Å². The van der Waals surface area contributed by atoms with Gasteiger partial charge in [0, 0.05) is 18.7 Å². The molecule has 1 saturated heterocycles. The number of rotatable bonds is 6. The number of guanidine groups is 1. The summed E-state index contributed by atoms with van der Waals surface area (Å²) in [6.45, 7) is -0.0564. The quantitative estimate of drug-likeness (QED) is 0.568. The van der Waals surface area contributed by atoms with E-state index < -0.39 is 24.1 Å². The van der Waals surface area contributed by atoms with Gasteiger partial charge in [0.05, 0.1) is 5.69 Å². The third-order valence-corrected chi connectivity index (χ3v) is 4.68. The maximum Gasteiger partial charge on any atom is 0.414 e. The molecule has 0 aromatic heterocycles. The van der Waals surface area contributed by atoms with E-state index in [1.807, 2.05) is 30.3 Å². The van der Waals surface area contributed by atoms with Gasteiger partial charge < -0.3 is 20.3 Å². The lowest BCUT2D eigenvalue weighted by molar-refractivity contribution is -0.143. The molecule has 11 heteroatoms. The number of carboxylic acid groups (broad SMARTS) is 2. The molecule has 0 radical (unpaired) electrons. The highest BCUT2D eigenvalue weighted by Gasteiger charge is 2.32. The summed E-state index contributed by atoms with van der Waals surface area (Å²) in [7, 11) is 0. The standard InChI is InChI=1S/C22H22N4O7/c27-18(33-14-15-6-2-1-3-7-15)13-23-19(28)16-8-4-9-17(12-16)24-20-25(21(29)30)10-5-11-26(20)22(31)32/h1-4,6-9,12H,5,10-11,13-14H2,(H,23,28)(H,29,30)(H,31,32). The third-order valence-electron chi connectivity index (χ3n) is 4.68. The Kier molecular flexibility index (Phi) is 7.58. The molecule has 0 atom stereocenters. The van der Waals surface area contributed by atoms with Crippen molar-refractivity contribution in [2.24, 2.45) is 4.99 Å². The molecule has 3 amide bonds. The van der Waals surface area contributed by atoms with Gasteiger partial charge in [0.25, 0.3) is 5.91 Å². The van der Waals surface area contributed by atoms with Gasteiger partial charge in [0.15, 0.2) is 0 Å². The van der Waals surface area contributed by atoms with E-state index in [0.717, 1.165) is 15.4 Å². The van der Waals surface area contributed by atoms with Gasteiger partial charge in [-0.25, -0.2) is 24.4 Å². The van der Waals surface area contributed by atoms with E-state index in [9.17, 15) is 29.4 Å². The minimum atomic E-state index is -1.33. The summed E-state index contributed by atoms with van der Waals surface area (Å²) in [6, 6.07) is 15.0. The first-order valence-corrected chi connectivity index (χ1v) is 10.0. The molecule has 2 aromatic carbocycles. The Labute approximate surface area is 188 Å². The van der Waals surface area contributed by atoms with Gasteiger partial charge >= 0.3 is 18.2 Å². The molecule has 2 aromatic rings. The van der Waals surface area contributed by atoms with Crippen LogP contribution in [0, 0.1) is 0 Å². The van der Waals surface area contributed by atoms with E-state index in [1.165, 1.54) is 24.3 Å². The van der Waals surface area contributed by atoms with E-state index >= 15 is 0 Å². The van der Waals surface area contributed by atoms with Crippen molar-refractivity contribution in [1.29, 1.82) is 0 Å². The number of hydrogen-bond acceptors (Lipinski definition) is 6. The fourth-order valence-corrected chi connectivity index (χ4v) is 3.09. The van der Waals surface area contributed by atoms with Gasteiger partial charge in [0.2, 0.25) is 5.96 Å². The van der Waals surface area contributed by atoms with E-state index in [-0.39, 0.29) is 43.5 Å². The highest BCUT2D eigenvalue weighted by atomic mass is 16.5. The molecule has 0 aliphatic carbocycles. The van der Waals surface area contributed by atoms with Gasteiger partial charge in [-0.05, 0) is 30.2 Å². The number of carbonyl (C=O) groups excluding carboxylic acids is 2. The van der Waals surface area contributed by atoms with Gasteiger partial charge in [-0.15, -0.1) is 0 Å². The predicted molar refractivity (Wildman–Crippen MR) is 116 cm³/mol. The zero-order valence-electron chi connectivity index (χ0n) is 17.5. The fraction of sp³-hybridized carbons (Fsp3) is 0.227. The minimum Gasteiger partial charge on any atom is -0.465 e. The van der Waals surface area contributed by atoms with Crippen LogP contribution in [-0.4, -0.2) is 69.7 Å². The molecule has 0 bridgehead atoms. The first-order valence-electron chi connectivity index (χ1n) is 10.0. The van der Waals surface area contributed by atoms with Crippen molar-refractivity contribution in [3.05, 3.63) is 65.7 Å². The normalized spacial score (nSPS) is 13.3. The van der Waals surface area contributed by atoms with E-state index in [1.54, 1.807) is 0 Å². The molecule has 1 aliphatic rings. The van der Waals surface area contributed by atoms with Crippen LogP contribution < -0.4 is 5.32 Å². The highest BCUT2D eigenvalue weighted by molar-refractivity contribution is 6.02. The summed E-state index contributed by atoms with van der Waals surface area (Å²) in [5.74, 6) is -1.44. The fourth-order valence-electron chi connectivity index (χ4n) is 3.09. The SMILES string of the molecule is O=C(CNC(=O)c1cccc(N=C2N(C(=O)O)CCCN2C(=O)O)c1)OCc1ccccc1. The molecular weight excluding hydrogens is 432 g/mol. The zero-order chi connectivity index (χ0) is 23.8. The minimum absolute atomic E-state index is 0.0860. The summed E-state index contributed by atoms with van der Waals surface area (Å²) in [5, 5.41) is 21.2. The Hall–Kier alpha value is -4.41. The predicted octanol–water partition coefficient (Wildman–Crippen LogP) is 2.51. The van der Waals surface area contributed by atoms with Crippen molar-refractivity contribution in [3.63, 3.8) is 0 Å². The first-order chi connectivity index (χ1) is 15.8. The smallest absolute Gasteiger partial charge is 0.414 e. The van der Waals surface area contributed by atoms with Crippen LogP contribution in [0.1, 0.15) is 22.3 Å². The Balaban J connectivity index is 1.66. The van der Waals surface area contributed by atoms with Crippen LogP contribution in [0.25, 0.3) is 0 Å². The second kappa shape index (κ2) is 10.8. The van der Waals surface area contributed by atoms with Crippen LogP contribution in [0.2, 0.25) is 0 Å². The Morgan fingerprint density at radius 1 is 0.939 bits per heavy atom. The van der Waals surface area contributed by atoms with Crippen molar-refractivity contribution in [2.45, 2.75) is 13.0 Å². The second-order valence-electron chi connectivity index (χ2n) is 7.01. The lowest BCUT2D eigenvalue weighted by Gasteiger charge is -2.33. The van der Waals surface area contributed by atoms with Gasteiger partial charge in [-0.1, -0.05) is 36.4 Å². The summed E-state index contributed by atoms with van der Waals surface area (Å²) >= 11 is 0. The second-order valence-corrected chi connectivity index (χ2v) is 7.01. The van der Waals surface area contributed by atoms with Crippen molar-refractivity contribution in [3.8, 4) is 0 Å². The Morgan fingerprint density at radius 3 is 2.24 bits per heavy atom. The van der Waals surface area contributed by atoms with Crippen molar-refractivity contribution in [2.75, 3.05) is 19.6 Å². The average molecular weight is 454 g/mol. The number of aliphatic imine (C=N–C) groups is 1. The summed E-state index contributed by atoms with van der Waals surface area (Å²) < 4.78 is 5.11. The summed E-state index contributed by atoms with van der Waals surface area (Å²) in [4.78, 5) is 53.2. The summed E-state index contributed by atoms with van der Waals surface area (Å²) in [5.41, 5.74) is 1.16. The summed E-state index contributed by atoms with van der Waals surface area (Å²) in [6.07, 6.45) is -2.33. The Morgan fingerprint density at radius 2 is 1.61 bits per heavy atom. The maximum absolute atomic E-state index is 12.4. The van der Waals surface area contributed by atoms with Crippen LogP contribution in [0.4, 0.5) is 15.3 Å². The van der Waals surface area contributed by atoms with Crippen LogP contribution in [0.3, 0.4) is 0 Å². The van der Waals surface area contributed by atoms with Crippen LogP contribution in [0.5, 0.6) is 0 Å². The number of benzene rings is 2. The molecule has 1 fully saturated rings. The van der Waals surface area contributed by atoms with Gasteiger partial charge in [-0.2, -0.15) is 0 Å². The van der Waals surface area contributed by atoms with E-state index in [4.69, 9.17) is 4.74 Å². The molecule has 0 unspecified atom stereocenters. The average Bonchev–Trinajstić information content (AvgIpc) is 2.81. The van der Waals surface area contributed by atoms with Crippen LogP contribution in [0.15, 0.2) is 59.6 Å². The van der Waals surface area contributed by atoms with Crippen LogP contribution in [-0.2, 0) is 16.1 Å². The molecule has 3 rings (SSSR count). The number of nitrogens with one attached hydrogen (secondary N) is 1. The van der Waals surface area contributed by atoms with E-state index in [2.05, 4.69) is 10.3 Å². The molecule has 0 spiro atoms. The number of hydrogen-bond donors (Lipinski definition) is 3. The van der Waals surface area contributed by atoms with Crippen LogP contribution >= 0.6 is 0 Å². The van der Waals surface area contributed by atoms with E-state index in [0.29, 0.717) is 6.42 Å². The highest BCUT2D eigenvalue weighted by Crippen LogP contribution is 2.19. The topological polar surface area (TPSA) is 149 Å². The molecule has 33 heavy (non-hydrogen) atoms. The molecular formula is C22H22N4O7.